The number of aromatic amines is 1. The summed E-state index contributed by atoms with van der Waals surface area (Å²) in [6.45, 7) is 2.61. The van der Waals surface area contributed by atoms with Gasteiger partial charge in [-0.3, -0.25) is 4.79 Å². The first-order valence-electron chi connectivity index (χ1n) is 9.04. The number of nitrogens with one attached hydrogen (secondary N) is 2. The lowest BCUT2D eigenvalue weighted by molar-refractivity contribution is 0.0600. The summed E-state index contributed by atoms with van der Waals surface area (Å²) in [6, 6.07) is 8.53. The van der Waals surface area contributed by atoms with Crippen LogP contribution in [0, 0.1) is 11.3 Å². The van der Waals surface area contributed by atoms with Crippen molar-refractivity contribution in [3.8, 4) is 11.8 Å². The molecule has 1 aromatic carbocycles. The Morgan fingerprint density at radius 3 is 2.80 bits per heavy atom. The number of nitrogens with two attached hydrogens (primary N) is 1. The van der Waals surface area contributed by atoms with Crippen LogP contribution in [0.5, 0.6) is 5.75 Å². The Hall–Kier alpha value is -3.84. The normalized spacial score (nSPS) is 15.3. The predicted octanol–water partition coefficient (Wildman–Crippen LogP) is 2.42. The lowest BCUT2D eigenvalue weighted by atomic mass is 9.84. The van der Waals surface area contributed by atoms with Crippen molar-refractivity contribution in [2.24, 2.45) is 5.73 Å². The molecule has 1 aliphatic heterocycles. The van der Waals surface area contributed by atoms with Crippen LogP contribution in [0.2, 0.25) is 0 Å². The topological polar surface area (TPSA) is 143 Å². The number of hydrogen-bond donors (Lipinski definition) is 3. The monoisotopic (exact) mass is 423 g/mol. The molecule has 1 unspecified atom stereocenters. The molecule has 0 fully saturated rings. The number of rotatable bonds is 4. The summed E-state index contributed by atoms with van der Waals surface area (Å²) in [4.78, 5) is 31.9. The van der Waals surface area contributed by atoms with Gasteiger partial charge in [0.1, 0.15) is 16.3 Å². The molecule has 0 saturated heterocycles. The van der Waals surface area contributed by atoms with Gasteiger partial charge in [0.15, 0.2) is 16.5 Å². The number of nitriles is 1. The Kier molecular flexibility index (Phi) is 4.89. The maximum Gasteiger partial charge on any atom is 0.337 e. The summed E-state index contributed by atoms with van der Waals surface area (Å²) >= 11 is 1.32. The number of ether oxygens (including phenoxy) is 2. The molecule has 1 atom stereocenters. The van der Waals surface area contributed by atoms with Gasteiger partial charge in [-0.05, 0) is 24.6 Å². The number of thiazole rings is 1. The standard InChI is InChI=1S/C20H17N5O4S/c1-3-23-20-25-17-15(30-20)14-13(18(26)24-17)12(11(8-21)16(22)29-14)9-4-6-10(7-5-9)19(27)28-2/h4-7,12H,3,22H2,1-2H3,(H2,23,24,25,26). The quantitative estimate of drug-likeness (QED) is 0.543. The molecule has 0 radical (unpaired) electrons. The number of carbonyl (C=O) groups excluding carboxylic acids is 1. The number of fused-ring (bicyclic) bond motifs is 3. The highest BCUT2D eigenvalue weighted by Crippen LogP contribution is 2.45. The Balaban J connectivity index is 1.93. The number of nitrogens with zero attached hydrogens (tertiary/aromatic N) is 2. The highest BCUT2D eigenvalue weighted by molar-refractivity contribution is 7.22. The molecular weight excluding hydrogens is 406 g/mol. The zero-order valence-electron chi connectivity index (χ0n) is 16.1. The minimum absolute atomic E-state index is 0.0719. The molecule has 4 rings (SSSR count). The first-order valence-corrected chi connectivity index (χ1v) is 9.86. The van der Waals surface area contributed by atoms with Gasteiger partial charge in [0, 0.05) is 6.54 Å². The summed E-state index contributed by atoms with van der Waals surface area (Å²) in [5.41, 5.74) is 7.38. The highest BCUT2D eigenvalue weighted by Gasteiger charge is 2.35. The van der Waals surface area contributed by atoms with Gasteiger partial charge in [0.2, 0.25) is 5.88 Å². The number of benzene rings is 1. The average Bonchev–Trinajstić information content (AvgIpc) is 3.15. The number of aromatic nitrogens is 2. The number of allylic oxidation sites excluding steroid dienone is 1. The Bertz CT molecular complexity index is 1280. The third-order valence-electron chi connectivity index (χ3n) is 4.72. The van der Waals surface area contributed by atoms with E-state index < -0.39 is 17.4 Å². The van der Waals surface area contributed by atoms with Gasteiger partial charge in [-0.2, -0.15) is 5.26 Å². The molecule has 0 bridgehead atoms. The van der Waals surface area contributed by atoms with Gasteiger partial charge >= 0.3 is 5.97 Å². The van der Waals surface area contributed by atoms with Crippen molar-refractivity contribution in [3.05, 3.63) is 62.8 Å². The molecule has 3 heterocycles. The van der Waals surface area contributed by atoms with Crippen LogP contribution in [0.1, 0.15) is 34.3 Å². The number of pyridine rings is 1. The fourth-order valence-electron chi connectivity index (χ4n) is 3.38. The summed E-state index contributed by atoms with van der Waals surface area (Å²) in [5, 5.41) is 13.4. The van der Waals surface area contributed by atoms with Crippen LogP contribution in [0.25, 0.3) is 10.3 Å². The van der Waals surface area contributed by atoms with Crippen LogP contribution in [0.15, 0.2) is 40.5 Å². The van der Waals surface area contributed by atoms with Gasteiger partial charge in [0.05, 0.1) is 24.2 Å². The first kappa shape index (κ1) is 19.5. The number of anilines is 1. The van der Waals surface area contributed by atoms with E-state index in [-0.39, 0.29) is 22.8 Å². The minimum Gasteiger partial charge on any atom is -0.465 e. The molecule has 0 aliphatic carbocycles. The number of methoxy groups -OCH3 is 1. The van der Waals surface area contributed by atoms with E-state index in [0.717, 1.165) is 0 Å². The second-order valence-corrected chi connectivity index (χ2v) is 7.46. The molecule has 4 N–H and O–H groups in total. The Morgan fingerprint density at radius 1 is 1.43 bits per heavy atom. The van der Waals surface area contributed by atoms with Crippen LogP contribution in [-0.4, -0.2) is 29.6 Å². The second kappa shape index (κ2) is 7.53. The second-order valence-electron chi connectivity index (χ2n) is 6.46. The molecule has 30 heavy (non-hydrogen) atoms. The van der Waals surface area contributed by atoms with Gasteiger partial charge in [-0.1, -0.05) is 23.5 Å². The Labute approximate surface area is 174 Å². The lowest BCUT2D eigenvalue weighted by Gasteiger charge is -2.25. The van der Waals surface area contributed by atoms with Crippen LogP contribution >= 0.6 is 11.3 Å². The third kappa shape index (κ3) is 3.05. The van der Waals surface area contributed by atoms with E-state index in [1.54, 1.807) is 24.3 Å². The van der Waals surface area contributed by atoms with Crippen molar-refractivity contribution >= 4 is 32.8 Å². The van der Waals surface area contributed by atoms with Crippen molar-refractivity contribution < 1.29 is 14.3 Å². The van der Waals surface area contributed by atoms with Crippen molar-refractivity contribution in [1.29, 1.82) is 5.26 Å². The van der Waals surface area contributed by atoms with Crippen molar-refractivity contribution in [2.45, 2.75) is 12.8 Å². The van der Waals surface area contributed by atoms with E-state index in [9.17, 15) is 14.9 Å². The molecule has 9 nitrogen and oxygen atoms in total. The third-order valence-corrected chi connectivity index (χ3v) is 5.73. The first-order chi connectivity index (χ1) is 14.5. The van der Waals surface area contributed by atoms with E-state index in [2.05, 4.69) is 21.4 Å². The van der Waals surface area contributed by atoms with E-state index in [0.29, 0.717) is 33.2 Å². The number of carbonyl (C=O) groups is 1. The van der Waals surface area contributed by atoms with Crippen molar-refractivity contribution in [3.63, 3.8) is 0 Å². The van der Waals surface area contributed by atoms with Crippen molar-refractivity contribution in [1.82, 2.24) is 9.97 Å². The average molecular weight is 423 g/mol. The maximum absolute atomic E-state index is 13.0. The van der Waals surface area contributed by atoms with Crippen LogP contribution in [0.3, 0.4) is 0 Å². The fraction of sp³-hybridized carbons (Fsp3) is 0.200. The largest absolute Gasteiger partial charge is 0.465 e. The van der Waals surface area contributed by atoms with Crippen molar-refractivity contribution in [2.75, 3.05) is 19.0 Å². The van der Waals surface area contributed by atoms with E-state index >= 15 is 0 Å². The zero-order chi connectivity index (χ0) is 21.4. The van der Waals surface area contributed by atoms with Gasteiger partial charge < -0.3 is 25.5 Å². The molecule has 0 saturated carbocycles. The van der Waals surface area contributed by atoms with Crippen LogP contribution < -0.4 is 21.3 Å². The summed E-state index contributed by atoms with van der Waals surface area (Å²) in [6.07, 6.45) is 0. The summed E-state index contributed by atoms with van der Waals surface area (Å²) in [5.74, 6) is -1.01. The Morgan fingerprint density at radius 2 is 2.17 bits per heavy atom. The molecule has 0 spiro atoms. The van der Waals surface area contributed by atoms with E-state index in [1.165, 1.54) is 18.4 Å². The molecule has 10 heteroatoms. The molecular formula is C20H17N5O4S. The van der Waals surface area contributed by atoms with Gasteiger partial charge in [-0.15, -0.1) is 0 Å². The van der Waals surface area contributed by atoms with Crippen LogP contribution in [-0.2, 0) is 4.74 Å². The smallest absolute Gasteiger partial charge is 0.337 e. The molecule has 1 aliphatic rings. The van der Waals surface area contributed by atoms with E-state index in [4.69, 9.17) is 15.2 Å². The summed E-state index contributed by atoms with van der Waals surface area (Å²) in [7, 11) is 1.30. The number of esters is 1. The number of H-pyrrole nitrogens is 1. The van der Waals surface area contributed by atoms with Gasteiger partial charge in [0.25, 0.3) is 5.56 Å². The highest BCUT2D eigenvalue weighted by atomic mass is 32.1. The maximum atomic E-state index is 13.0. The molecule has 0 amide bonds. The molecule has 152 valence electrons. The molecule has 2 aromatic heterocycles. The fourth-order valence-corrected chi connectivity index (χ4v) is 4.37. The van der Waals surface area contributed by atoms with Gasteiger partial charge in [-0.25, -0.2) is 9.78 Å². The SMILES string of the molecule is CCNc1nc2[nH]c(=O)c3c(c2s1)OC(N)=C(C#N)C3c1ccc(C(=O)OC)cc1. The van der Waals surface area contributed by atoms with Crippen LogP contribution in [0.4, 0.5) is 5.13 Å². The zero-order valence-corrected chi connectivity index (χ0v) is 16.9. The minimum atomic E-state index is -0.747. The molecule has 3 aromatic rings. The summed E-state index contributed by atoms with van der Waals surface area (Å²) < 4.78 is 11.1. The predicted molar refractivity (Wildman–Crippen MR) is 111 cm³/mol. The number of hydrogen-bond acceptors (Lipinski definition) is 9. The lowest BCUT2D eigenvalue weighted by Crippen LogP contribution is -2.27. The van der Waals surface area contributed by atoms with E-state index in [1.807, 2.05) is 6.92 Å².